The van der Waals surface area contributed by atoms with Crippen molar-refractivity contribution in [2.45, 2.75) is 31.2 Å². The summed E-state index contributed by atoms with van der Waals surface area (Å²) in [6, 6.07) is 23.4. The number of amides is 1. The van der Waals surface area contributed by atoms with Crippen molar-refractivity contribution in [3.8, 4) is 5.69 Å². The molecule has 0 aliphatic heterocycles. The van der Waals surface area contributed by atoms with Crippen LogP contribution >= 0.6 is 11.8 Å². The van der Waals surface area contributed by atoms with E-state index < -0.39 is 5.25 Å². The molecule has 7 heteroatoms. The zero-order valence-corrected chi connectivity index (χ0v) is 18.4. The molecule has 3 aromatic carbocycles. The van der Waals surface area contributed by atoms with E-state index >= 15 is 0 Å². The second kappa shape index (κ2) is 9.14. The number of carbonyl (C=O) groups is 1. The van der Waals surface area contributed by atoms with Gasteiger partial charge >= 0.3 is 0 Å². The highest BCUT2D eigenvalue weighted by Crippen LogP contribution is 2.36. The van der Waals surface area contributed by atoms with E-state index in [0.29, 0.717) is 5.16 Å². The number of nitrogens with one attached hydrogen (secondary N) is 1. The monoisotopic (exact) mass is 429 g/mol. The average Bonchev–Trinajstić information content (AvgIpc) is 3.24. The van der Waals surface area contributed by atoms with Crippen LogP contribution in [-0.2, 0) is 4.79 Å². The van der Waals surface area contributed by atoms with Gasteiger partial charge in [0.15, 0.2) is 0 Å². The lowest BCUT2D eigenvalue weighted by Crippen LogP contribution is -2.19. The van der Waals surface area contributed by atoms with Gasteiger partial charge in [0.1, 0.15) is 5.25 Å². The van der Waals surface area contributed by atoms with Crippen LogP contribution in [0.15, 0.2) is 78.0 Å². The summed E-state index contributed by atoms with van der Waals surface area (Å²) in [7, 11) is 0. The van der Waals surface area contributed by atoms with E-state index in [1.165, 1.54) is 11.8 Å². The third-order valence-electron chi connectivity index (χ3n) is 5.13. The molecule has 0 spiro atoms. The van der Waals surface area contributed by atoms with Gasteiger partial charge < -0.3 is 5.32 Å². The van der Waals surface area contributed by atoms with E-state index in [4.69, 9.17) is 0 Å². The Bertz CT molecular complexity index is 1190. The fourth-order valence-electron chi connectivity index (χ4n) is 3.22. The van der Waals surface area contributed by atoms with Crippen molar-refractivity contribution in [3.63, 3.8) is 0 Å². The van der Waals surface area contributed by atoms with Gasteiger partial charge in [0.25, 0.3) is 0 Å². The smallest absolute Gasteiger partial charge is 0.242 e. The Kier molecular flexibility index (Phi) is 6.13. The van der Waals surface area contributed by atoms with Crippen molar-refractivity contribution in [2.75, 3.05) is 5.32 Å². The topological polar surface area (TPSA) is 72.7 Å². The summed E-state index contributed by atoms with van der Waals surface area (Å²) in [6.07, 6.45) is 0. The Morgan fingerprint density at radius 2 is 1.68 bits per heavy atom. The molecule has 0 bridgehead atoms. The molecule has 0 saturated carbocycles. The maximum absolute atomic E-state index is 13.3. The number of aromatic nitrogens is 4. The summed E-state index contributed by atoms with van der Waals surface area (Å²) in [5, 5.41) is 15.3. The maximum Gasteiger partial charge on any atom is 0.242 e. The molecule has 4 rings (SSSR count). The largest absolute Gasteiger partial charge is 0.325 e. The molecule has 156 valence electrons. The standard InChI is InChI=1S/C24H23N5OS/c1-16-12-14-20(15-13-16)25-23(30)22(19-9-5-4-6-10-19)31-24-26-27-28-29(24)21-11-7-8-17(2)18(21)3/h4-15,22H,1-3H3,(H,25,30). The van der Waals surface area contributed by atoms with Gasteiger partial charge in [-0.3, -0.25) is 4.79 Å². The van der Waals surface area contributed by atoms with Gasteiger partial charge in [-0.25, -0.2) is 0 Å². The van der Waals surface area contributed by atoms with Crippen LogP contribution in [0.4, 0.5) is 5.69 Å². The van der Waals surface area contributed by atoms with Crippen molar-refractivity contribution in [1.29, 1.82) is 0 Å². The first-order valence-corrected chi connectivity index (χ1v) is 10.8. The Morgan fingerprint density at radius 1 is 0.935 bits per heavy atom. The van der Waals surface area contributed by atoms with Crippen molar-refractivity contribution in [2.24, 2.45) is 0 Å². The van der Waals surface area contributed by atoms with Crippen LogP contribution in [-0.4, -0.2) is 26.1 Å². The average molecular weight is 430 g/mol. The van der Waals surface area contributed by atoms with Crippen LogP contribution in [0.3, 0.4) is 0 Å². The van der Waals surface area contributed by atoms with Gasteiger partial charge in [-0.1, -0.05) is 71.9 Å². The summed E-state index contributed by atoms with van der Waals surface area (Å²) >= 11 is 1.33. The number of anilines is 1. The molecule has 4 aromatic rings. The van der Waals surface area contributed by atoms with Crippen molar-refractivity contribution in [1.82, 2.24) is 20.2 Å². The third-order valence-corrected chi connectivity index (χ3v) is 6.32. The van der Waals surface area contributed by atoms with Gasteiger partial charge in [0.05, 0.1) is 5.69 Å². The van der Waals surface area contributed by atoms with E-state index in [1.807, 2.05) is 80.6 Å². The minimum atomic E-state index is -0.516. The molecule has 1 N–H and O–H groups in total. The maximum atomic E-state index is 13.3. The second-order valence-electron chi connectivity index (χ2n) is 7.36. The Balaban J connectivity index is 1.67. The molecule has 0 aliphatic rings. The lowest BCUT2D eigenvalue weighted by Gasteiger charge is -2.17. The van der Waals surface area contributed by atoms with E-state index in [0.717, 1.165) is 33.6 Å². The molecule has 1 amide bonds. The zero-order valence-electron chi connectivity index (χ0n) is 17.6. The van der Waals surface area contributed by atoms with Crippen LogP contribution < -0.4 is 5.32 Å². The Labute approximate surface area is 185 Å². The van der Waals surface area contributed by atoms with Crippen LogP contribution in [0.1, 0.15) is 27.5 Å². The molecule has 1 unspecified atom stereocenters. The number of rotatable bonds is 6. The van der Waals surface area contributed by atoms with Crippen molar-refractivity contribution in [3.05, 3.63) is 95.1 Å². The minimum Gasteiger partial charge on any atom is -0.325 e. The molecule has 0 radical (unpaired) electrons. The second-order valence-corrected chi connectivity index (χ2v) is 8.43. The minimum absolute atomic E-state index is 0.129. The first-order valence-electron chi connectivity index (χ1n) is 9.97. The SMILES string of the molecule is Cc1ccc(NC(=O)C(Sc2nnnn2-c2cccc(C)c2C)c2ccccc2)cc1. The fourth-order valence-corrected chi connectivity index (χ4v) is 4.21. The first-order chi connectivity index (χ1) is 15.0. The molecular formula is C24H23N5OS. The predicted octanol–water partition coefficient (Wildman–Crippen LogP) is 5.06. The number of hydrogen-bond donors (Lipinski definition) is 1. The number of carbonyl (C=O) groups excluding carboxylic acids is 1. The fraction of sp³-hybridized carbons (Fsp3) is 0.167. The summed E-state index contributed by atoms with van der Waals surface area (Å²) < 4.78 is 1.70. The number of tetrazole rings is 1. The zero-order chi connectivity index (χ0) is 21.8. The first kappa shape index (κ1) is 20.8. The van der Waals surface area contributed by atoms with Gasteiger partial charge in [-0.2, -0.15) is 4.68 Å². The van der Waals surface area contributed by atoms with Crippen LogP contribution in [0, 0.1) is 20.8 Å². The van der Waals surface area contributed by atoms with E-state index in [1.54, 1.807) is 4.68 Å². The Hall–Kier alpha value is -3.45. The highest BCUT2D eigenvalue weighted by atomic mass is 32.2. The predicted molar refractivity (Wildman–Crippen MR) is 123 cm³/mol. The van der Waals surface area contributed by atoms with Crippen LogP contribution in [0.5, 0.6) is 0 Å². The van der Waals surface area contributed by atoms with Gasteiger partial charge in [0, 0.05) is 5.69 Å². The van der Waals surface area contributed by atoms with Crippen LogP contribution in [0.2, 0.25) is 0 Å². The highest BCUT2D eigenvalue weighted by Gasteiger charge is 2.26. The number of nitrogens with zero attached hydrogens (tertiary/aromatic N) is 4. The molecule has 1 aromatic heterocycles. The summed E-state index contributed by atoms with van der Waals surface area (Å²) in [5.74, 6) is -0.129. The number of aryl methyl sites for hydroxylation is 2. The third kappa shape index (κ3) is 4.67. The molecule has 0 aliphatic carbocycles. The summed E-state index contributed by atoms with van der Waals surface area (Å²) in [4.78, 5) is 13.3. The quantitative estimate of drug-likeness (QED) is 0.434. The van der Waals surface area contributed by atoms with Gasteiger partial charge in [-0.05, 0) is 66.1 Å². The molecule has 0 saturated heterocycles. The Morgan fingerprint density at radius 3 is 2.42 bits per heavy atom. The van der Waals surface area contributed by atoms with Crippen LogP contribution in [0.25, 0.3) is 5.69 Å². The molecule has 0 fully saturated rings. The summed E-state index contributed by atoms with van der Waals surface area (Å²) in [6.45, 7) is 6.11. The van der Waals surface area contributed by atoms with Crippen molar-refractivity contribution >= 4 is 23.4 Å². The highest BCUT2D eigenvalue weighted by molar-refractivity contribution is 8.00. The van der Waals surface area contributed by atoms with E-state index in [2.05, 4.69) is 33.8 Å². The number of thioether (sulfide) groups is 1. The lowest BCUT2D eigenvalue weighted by molar-refractivity contribution is -0.115. The van der Waals surface area contributed by atoms with E-state index in [9.17, 15) is 4.79 Å². The van der Waals surface area contributed by atoms with E-state index in [-0.39, 0.29) is 5.91 Å². The van der Waals surface area contributed by atoms with Gasteiger partial charge in [0.2, 0.25) is 11.1 Å². The van der Waals surface area contributed by atoms with Gasteiger partial charge in [-0.15, -0.1) is 5.10 Å². The normalized spacial score (nSPS) is 11.8. The molecule has 31 heavy (non-hydrogen) atoms. The van der Waals surface area contributed by atoms with Crippen molar-refractivity contribution < 1.29 is 4.79 Å². The molecular weight excluding hydrogens is 406 g/mol. The molecule has 6 nitrogen and oxygen atoms in total. The molecule has 1 atom stereocenters. The number of hydrogen-bond acceptors (Lipinski definition) is 5. The lowest BCUT2D eigenvalue weighted by atomic mass is 10.1. The number of benzene rings is 3. The molecule has 1 heterocycles. The summed E-state index contributed by atoms with van der Waals surface area (Å²) in [5.41, 5.74) is 5.93.